The SMILES string of the molecule is Cc1nc2ccnn2c(NCc2ccccn2)c1C. The minimum absolute atomic E-state index is 0.667. The highest BCUT2D eigenvalue weighted by atomic mass is 15.3. The van der Waals surface area contributed by atoms with E-state index >= 15 is 0 Å². The molecule has 5 heteroatoms. The first-order chi connectivity index (χ1) is 9.25. The average molecular weight is 253 g/mol. The molecule has 0 fully saturated rings. The van der Waals surface area contributed by atoms with Gasteiger partial charge in [0, 0.05) is 23.5 Å². The number of rotatable bonds is 3. The number of pyridine rings is 1. The first-order valence-corrected chi connectivity index (χ1v) is 6.20. The van der Waals surface area contributed by atoms with Gasteiger partial charge in [0.15, 0.2) is 5.65 Å². The molecule has 0 aliphatic carbocycles. The number of hydrogen-bond donors (Lipinski definition) is 1. The second-order valence-corrected chi connectivity index (χ2v) is 4.45. The summed E-state index contributed by atoms with van der Waals surface area (Å²) in [4.78, 5) is 8.80. The average Bonchev–Trinajstić information content (AvgIpc) is 2.88. The molecule has 0 aliphatic heterocycles. The molecule has 0 saturated heterocycles. The van der Waals surface area contributed by atoms with Crippen LogP contribution in [0, 0.1) is 13.8 Å². The van der Waals surface area contributed by atoms with E-state index in [-0.39, 0.29) is 0 Å². The Morgan fingerprint density at radius 2 is 2.05 bits per heavy atom. The summed E-state index contributed by atoms with van der Waals surface area (Å²) in [7, 11) is 0. The molecule has 0 aromatic carbocycles. The van der Waals surface area contributed by atoms with Crippen molar-refractivity contribution in [3.63, 3.8) is 0 Å². The van der Waals surface area contributed by atoms with Crippen LogP contribution < -0.4 is 5.32 Å². The van der Waals surface area contributed by atoms with Gasteiger partial charge in [0.1, 0.15) is 5.82 Å². The zero-order chi connectivity index (χ0) is 13.2. The first kappa shape index (κ1) is 11.6. The van der Waals surface area contributed by atoms with Crippen LogP contribution in [-0.4, -0.2) is 19.6 Å². The summed E-state index contributed by atoms with van der Waals surface area (Å²) < 4.78 is 1.82. The van der Waals surface area contributed by atoms with Crippen molar-refractivity contribution < 1.29 is 0 Å². The van der Waals surface area contributed by atoms with Gasteiger partial charge in [-0.1, -0.05) is 6.07 Å². The van der Waals surface area contributed by atoms with E-state index in [2.05, 4.69) is 20.4 Å². The Bertz CT molecular complexity index is 702. The molecule has 3 aromatic heterocycles. The standard InChI is InChI=1S/C14H15N5/c1-10-11(2)18-13-6-8-17-19(13)14(10)16-9-12-5-3-4-7-15-12/h3-8,16H,9H2,1-2H3. The van der Waals surface area contributed by atoms with Crippen molar-refractivity contribution >= 4 is 11.5 Å². The van der Waals surface area contributed by atoms with Gasteiger partial charge in [-0.05, 0) is 26.0 Å². The lowest BCUT2D eigenvalue weighted by Gasteiger charge is -2.12. The molecule has 0 amide bonds. The zero-order valence-corrected chi connectivity index (χ0v) is 11.0. The molecule has 0 unspecified atom stereocenters. The van der Waals surface area contributed by atoms with E-state index in [1.807, 2.05) is 42.6 Å². The molecule has 3 aromatic rings. The quantitative estimate of drug-likeness (QED) is 0.778. The molecule has 0 saturated carbocycles. The summed E-state index contributed by atoms with van der Waals surface area (Å²) in [6.07, 6.45) is 3.55. The van der Waals surface area contributed by atoms with Crippen LogP contribution in [0.3, 0.4) is 0 Å². The first-order valence-electron chi connectivity index (χ1n) is 6.20. The topological polar surface area (TPSA) is 55.1 Å². The maximum Gasteiger partial charge on any atom is 0.157 e. The Labute approximate surface area is 111 Å². The van der Waals surface area contributed by atoms with Crippen LogP contribution >= 0.6 is 0 Å². The number of fused-ring (bicyclic) bond motifs is 1. The molecule has 19 heavy (non-hydrogen) atoms. The smallest absolute Gasteiger partial charge is 0.157 e. The second kappa shape index (κ2) is 4.68. The molecule has 0 spiro atoms. The summed E-state index contributed by atoms with van der Waals surface area (Å²) >= 11 is 0. The highest BCUT2D eigenvalue weighted by molar-refractivity contribution is 5.54. The van der Waals surface area contributed by atoms with Crippen LogP contribution in [0.4, 0.5) is 5.82 Å². The monoisotopic (exact) mass is 253 g/mol. The molecule has 3 heterocycles. The predicted octanol–water partition coefficient (Wildman–Crippen LogP) is 2.35. The number of hydrogen-bond acceptors (Lipinski definition) is 4. The van der Waals surface area contributed by atoms with Crippen molar-refractivity contribution in [2.24, 2.45) is 0 Å². The third-order valence-corrected chi connectivity index (χ3v) is 3.18. The van der Waals surface area contributed by atoms with Crippen molar-refractivity contribution in [2.45, 2.75) is 20.4 Å². The van der Waals surface area contributed by atoms with Gasteiger partial charge in [-0.15, -0.1) is 0 Å². The number of nitrogens with one attached hydrogen (secondary N) is 1. The van der Waals surface area contributed by atoms with E-state index in [0.29, 0.717) is 6.54 Å². The third kappa shape index (κ3) is 2.14. The van der Waals surface area contributed by atoms with Crippen molar-refractivity contribution in [3.8, 4) is 0 Å². The highest BCUT2D eigenvalue weighted by Gasteiger charge is 2.09. The van der Waals surface area contributed by atoms with E-state index in [1.165, 1.54) is 0 Å². The fraction of sp³-hybridized carbons (Fsp3) is 0.214. The summed E-state index contributed by atoms with van der Waals surface area (Å²) in [6, 6.07) is 7.80. The second-order valence-electron chi connectivity index (χ2n) is 4.45. The Kier molecular flexibility index (Phi) is 2.87. The molecule has 1 N–H and O–H groups in total. The molecule has 0 aliphatic rings. The predicted molar refractivity (Wildman–Crippen MR) is 74.0 cm³/mol. The summed E-state index contributed by atoms with van der Waals surface area (Å²) in [5.41, 5.74) is 3.96. The molecule has 0 radical (unpaired) electrons. The lowest BCUT2D eigenvalue weighted by Crippen LogP contribution is -2.10. The van der Waals surface area contributed by atoms with Gasteiger partial charge < -0.3 is 5.32 Å². The molecular formula is C14H15N5. The number of anilines is 1. The minimum atomic E-state index is 0.667. The van der Waals surface area contributed by atoms with Crippen LogP contribution in [0.25, 0.3) is 5.65 Å². The largest absolute Gasteiger partial charge is 0.364 e. The minimum Gasteiger partial charge on any atom is -0.364 e. The van der Waals surface area contributed by atoms with Crippen molar-refractivity contribution in [1.82, 2.24) is 19.6 Å². The maximum atomic E-state index is 4.50. The van der Waals surface area contributed by atoms with Gasteiger partial charge in [0.2, 0.25) is 0 Å². The van der Waals surface area contributed by atoms with E-state index in [0.717, 1.165) is 28.4 Å². The molecule has 0 bridgehead atoms. The molecule has 3 rings (SSSR count). The van der Waals surface area contributed by atoms with Crippen LogP contribution in [0.1, 0.15) is 17.0 Å². The van der Waals surface area contributed by atoms with Crippen molar-refractivity contribution in [1.29, 1.82) is 0 Å². The molecule has 96 valence electrons. The van der Waals surface area contributed by atoms with Gasteiger partial charge in [0.05, 0.1) is 18.4 Å². The van der Waals surface area contributed by atoms with Crippen molar-refractivity contribution in [2.75, 3.05) is 5.32 Å². The van der Waals surface area contributed by atoms with Gasteiger partial charge in [-0.25, -0.2) is 4.98 Å². The molecular weight excluding hydrogens is 238 g/mol. The molecule has 5 nitrogen and oxygen atoms in total. The van der Waals surface area contributed by atoms with Gasteiger partial charge in [0.25, 0.3) is 0 Å². The van der Waals surface area contributed by atoms with E-state index in [4.69, 9.17) is 0 Å². The summed E-state index contributed by atoms with van der Waals surface area (Å²) in [5.74, 6) is 0.971. The molecule has 0 atom stereocenters. The Hall–Kier alpha value is -2.43. The third-order valence-electron chi connectivity index (χ3n) is 3.18. The Morgan fingerprint density at radius 3 is 2.84 bits per heavy atom. The zero-order valence-electron chi connectivity index (χ0n) is 11.0. The highest BCUT2D eigenvalue weighted by Crippen LogP contribution is 2.19. The summed E-state index contributed by atoms with van der Waals surface area (Å²) in [6.45, 7) is 4.72. The van der Waals surface area contributed by atoms with Crippen LogP contribution in [0.15, 0.2) is 36.7 Å². The summed E-state index contributed by atoms with van der Waals surface area (Å²) in [5, 5.41) is 7.70. The van der Waals surface area contributed by atoms with Gasteiger partial charge in [-0.2, -0.15) is 9.61 Å². The van der Waals surface area contributed by atoms with Crippen LogP contribution in [-0.2, 0) is 6.54 Å². The normalized spacial score (nSPS) is 10.8. The fourth-order valence-electron chi connectivity index (χ4n) is 2.02. The Balaban J connectivity index is 1.96. The van der Waals surface area contributed by atoms with E-state index < -0.39 is 0 Å². The van der Waals surface area contributed by atoms with Crippen LogP contribution in [0.2, 0.25) is 0 Å². The maximum absolute atomic E-state index is 4.50. The van der Waals surface area contributed by atoms with Gasteiger partial charge in [-0.3, -0.25) is 4.98 Å². The fourth-order valence-corrected chi connectivity index (χ4v) is 2.02. The van der Waals surface area contributed by atoms with Gasteiger partial charge >= 0.3 is 0 Å². The number of aromatic nitrogens is 4. The van der Waals surface area contributed by atoms with Crippen molar-refractivity contribution in [3.05, 3.63) is 53.6 Å². The number of nitrogens with zero attached hydrogens (tertiary/aromatic N) is 4. The lowest BCUT2D eigenvalue weighted by atomic mass is 10.2. The Morgan fingerprint density at radius 1 is 1.16 bits per heavy atom. The number of aryl methyl sites for hydroxylation is 1. The lowest BCUT2D eigenvalue weighted by molar-refractivity contribution is 0.897. The van der Waals surface area contributed by atoms with Crippen LogP contribution in [0.5, 0.6) is 0 Å². The van der Waals surface area contributed by atoms with E-state index in [1.54, 1.807) is 12.4 Å². The van der Waals surface area contributed by atoms with E-state index in [9.17, 15) is 0 Å².